The van der Waals surface area contributed by atoms with Gasteiger partial charge in [0.05, 0.1) is 15.4 Å². The number of nitrogens with zero attached hydrogens (tertiary/aromatic N) is 2. The van der Waals surface area contributed by atoms with E-state index in [1.807, 2.05) is 0 Å². The topological polar surface area (TPSA) is 82.0 Å². The van der Waals surface area contributed by atoms with E-state index < -0.39 is 16.7 Å². The van der Waals surface area contributed by atoms with Crippen LogP contribution in [0.5, 0.6) is 0 Å². The minimum absolute atomic E-state index is 0.123. The smallest absolute Gasteiger partial charge is 0.330 e. The Kier molecular flexibility index (Phi) is 5.22. The van der Waals surface area contributed by atoms with Crippen molar-refractivity contribution in [3.8, 4) is 0 Å². The monoisotopic (exact) mass is 343 g/mol. The number of nitrogens with two attached hydrogens (primary N) is 1. The molecule has 5 nitrogen and oxygen atoms in total. The van der Waals surface area contributed by atoms with E-state index in [9.17, 15) is 23.3 Å². The Morgan fingerprint density at radius 2 is 2.00 bits per heavy atom. The summed E-state index contributed by atoms with van der Waals surface area (Å²) in [5.41, 5.74) is 5.16. The Morgan fingerprint density at radius 1 is 1.26 bits per heavy atom. The van der Waals surface area contributed by atoms with E-state index in [-0.39, 0.29) is 10.7 Å². The second kappa shape index (κ2) is 6.97. The van der Waals surface area contributed by atoms with Crippen LogP contribution in [-0.2, 0) is 12.6 Å². The van der Waals surface area contributed by atoms with Crippen molar-refractivity contribution < 1.29 is 18.1 Å². The van der Waals surface area contributed by atoms with Gasteiger partial charge in [-0.05, 0) is 36.7 Å². The summed E-state index contributed by atoms with van der Waals surface area (Å²) in [4.78, 5) is 14.6. The second-order valence-electron chi connectivity index (χ2n) is 4.58. The van der Waals surface area contributed by atoms with Crippen LogP contribution in [0.4, 0.5) is 18.9 Å². The summed E-state index contributed by atoms with van der Waals surface area (Å²) in [6.45, 7) is 0.365. The predicted octanol–water partition coefficient (Wildman–Crippen LogP) is 3.66. The van der Waals surface area contributed by atoms with Crippen LogP contribution in [-0.4, -0.2) is 16.5 Å². The zero-order valence-corrected chi connectivity index (χ0v) is 12.5. The zero-order valence-electron chi connectivity index (χ0n) is 11.7. The van der Waals surface area contributed by atoms with Crippen molar-refractivity contribution in [2.24, 2.45) is 5.73 Å². The fourth-order valence-electron chi connectivity index (χ4n) is 1.84. The third kappa shape index (κ3) is 4.42. The van der Waals surface area contributed by atoms with E-state index in [0.717, 1.165) is 23.4 Å². The van der Waals surface area contributed by atoms with Gasteiger partial charge >= 0.3 is 6.18 Å². The number of hydrogen-bond donors (Lipinski definition) is 1. The molecule has 0 atom stereocenters. The van der Waals surface area contributed by atoms with Gasteiger partial charge in [-0.25, -0.2) is 4.98 Å². The van der Waals surface area contributed by atoms with E-state index in [1.165, 1.54) is 12.1 Å². The number of rotatable bonds is 5. The number of alkyl halides is 3. The second-order valence-corrected chi connectivity index (χ2v) is 5.65. The Labute approximate surface area is 133 Å². The minimum atomic E-state index is -4.47. The van der Waals surface area contributed by atoms with Crippen molar-refractivity contribution in [3.05, 3.63) is 57.8 Å². The first kappa shape index (κ1) is 17.2. The lowest BCUT2D eigenvalue weighted by Gasteiger charge is -2.07. The molecule has 2 rings (SSSR count). The average Bonchev–Trinajstić information content (AvgIpc) is 2.48. The lowest BCUT2D eigenvalue weighted by Crippen LogP contribution is -2.05. The molecule has 0 saturated carbocycles. The van der Waals surface area contributed by atoms with Crippen molar-refractivity contribution in [2.45, 2.75) is 22.5 Å². The average molecular weight is 343 g/mol. The fraction of sp³-hybridized carbons (Fsp3) is 0.214. The quantitative estimate of drug-likeness (QED) is 0.662. The van der Waals surface area contributed by atoms with Crippen molar-refractivity contribution in [1.82, 2.24) is 4.98 Å². The molecule has 9 heteroatoms. The molecule has 0 bridgehead atoms. The van der Waals surface area contributed by atoms with Crippen LogP contribution in [0.3, 0.4) is 0 Å². The fourth-order valence-corrected chi connectivity index (χ4v) is 2.68. The number of nitro groups is 1. The summed E-state index contributed by atoms with van der Waals surface area (Å²) in [5, 5.41) is 11.4. The Hall–Kier alpha value is -2.13. The summed E-state index contributed by atoms with van der Waals surface area (Å²) < 4.78 is 37.5. The summed E-state index contributed by atoms with van der Waals surface area (Å²) in [6, 6.07) is 6.74. The molecule has 1 aromatic carbocycles. The normalized spacial score (nSPS) is 11.5. The van der Waals surface area contributed by atoms with Gasteiger partial charge in [0.2, 0.25) is 0 Å². The lowest BCUT2D eigenvalue weighted by atomic mass is 10.1. The van der Waals surface area contributed by atoms with Crippen LogP contribution in [0.2, 0.25) is 0 Å². The van der Waals surface area contributed by atoms with Gasteiger partial charge < -0.3 is 5.73 Å². The number of aromatic nitrogens is 1. The molecule has 2 aromatic rings. The molecule has 122 valence electrons. The highest BCUT2D eigenvalue weighted by Gasteiger charge is 2.30. The zero-order chi connectivity index (χ0) is 17.0. The number of pyridine rings is 1. The molecule has 0 aliphatic rings. The number of halogens is 3. The highest BCUT2D eigenvalue weighted by atomic mass is 32.2. The van der Waals surface area contributed by atoms with Gasteiger partial charge in [-0.15, -0.1) is 0 Å². The van der Waals surface area contributed by atoms with Gasteiger partial charge in [-0.2, -0.15) is 13.2 Å². The van der Waals surface area contributed by atoms with Gasteiger partial charge in [0.1, 0.15) is 5.03 Å². The molecule has 0 aliphatic heterocycles. The molecule has 0 spiro atoms. The first-order valence-corrected chi connectivity index (χ1v) is 7.31. The molecule has 0 radical (unpaired) electrons. The van der Waals surface area contributed by atoms with Crippen LogP contribution in [0.1, 0.15) is 11.1 Å². The number of hydrogen-bond acceptors (Lipinski definition) is 5. The van der Waals surface area contributed by atoms with Crippen LogP contribution >= 0.6 is 11.8 Å². The van der Waals surface area contributed by atoms with Gasteiger partial charge in [0.25, 0.3) is 5.69 Å². The van der Waals surface area contributed by atoms with E-state index in [1.54, 1.807) is 12.1 Å². The maximum atomic E-state index is 12.5. The van der Waals surface area contributed by atoms with Crippen molar-refractivity contribution in [2.75, 3.05) is 6.54 Å². The molecule has 0 saturated heterocycles. The van der Waals surface area contributed by atoms with Crippen LogP contribution in [0.15, 0.2) is 46.5 Å². The van der Waals surface area contributed by atoms with E-state index in [0.29, 0.717) is 24.1 Å². The molecule has 0 aliphatic carbocycles. The highest BCUT2D eigenvalue weighted by Crippen LogP contribution is 2.36. The van der Waals surface area contributed by atoms with Crippen molar-refractivity contribution in [1.29, 1.82) is 0 Å². The van der Waals surface area contributed by atoms with Crippen LogP contribution in [0.25, 0.3) is 0 Å². The maximum absolute atomic E-state index is 12.5. The van der Waals surface area contributed by atoms with Crippen molar-refractivity contribution >= 4 is 17.4 Å². The molecule has 1 heterocycles. The van der Waals surface area contributed by atoms with Crippen molar-refractivity contribution in [3.63, 3.8) is 0 Å². The maximum Gasteiger partial charge on any atom is 0.417 e. The van der Waals surface area contributed by atoms with E-state index >= 15 is 0 Å². The summed E-state index contributed by atoms with van der Waals surface area (Å²) in [7, 11) is 0. The third-order valence-electron chi connectivity index (χ3n) is 2.93. The van der Waals surface area contributed by atoms with Gasteiger partial charge in [0, 0.05) is 12.3 Å². The lowest BCUT2D eigenvalue weighted by molar-refractivity contribution is -0.387. The third-order valence-corrected chi connectivity index (χ3v) is 3.95. The molecule has 0 unspecified atom stereocenters. The standard InChI is InChI=1S/C14H12F3N3O2S/c15-14(16,17)10-2-4-13(19-8-10)23-12-3-1-9(5-6-18)7-11(12)20(21)22/h1-4,7-8H,5-6,18H2. The first-order valence-electron chi connectivity index (χ1n) is 6.49. The summed E-state index contributed by atoms with van der Waals surface area (Å²) >= 11 is 0.937. The molecule has 2 N–H and O–H groups in total. The van der Waals surface area contributed by atoms with Crippen LogP contribution in [0, 0.1) is 10.1 Å². The van der Waals surface area contributed by atoms with Gasteiger partial charge in [-0.3, -0.25) is 10.1 Å². The first-order chi connectivity index (χ1) is 10.8. The largest absolute Gasteiger partial charge is 0.417 e. The molecule has 0 amide bonds. The molecular weight excluding hydrogens is 331 g/mol. The summed E-state index contributed by atoms with van der Waals surface area (Å²) in [6.07, 6.45) is -3.26. The Bertz CT molecular complexity index is 705. The summed E-state index contributed by atoms with van der Waals surface area (Å²) in [5.74, 6) is 0. The van der Waals surface area contributed by atoms with E-state index in [4.69, 9.17) is 5.73 Å². The predicted molar refractivity (Wildman–Crippen MR) is 79.2 cm³/mol. The van der Waals surface area contributed by atoms with E-state index in [2.05, 4.69) is 4.98 Å². The number of nitro benzene ring substituents is 1. The molecule has 0 fully saturated rings. The number of benzene rings is 1. The van der Waals surface area contributed by atoms with Gasteiger partial charge in [0.15, 0.2) is 0 Å². The molecule has 23 heavy (non-hydrogen) atoms. The minimum Gasteiger partial charge on any atom is -0.330 e. The van der Waals surface area contributed by atoms with Crippen LogP contribution < -0.4 is 5.73 Å². The Morgan fingerprint density at radius 3 is 2.52 bits per heavy atom. The molecular formula is C14H12F3N3O2S. The SMILES string of the molecule is NCCc1ccc(Sc2ccc(C(F)(F)F)cn2)c([N+](=O)[O-])c1. The molecule has 1 aromatic heterocycles. The highest BCUT2D eigenvalue weighted by molar-refractivity contribution is 7.99. The van der Waals surface area contributed by atoms with Gasteiger partial charge in [-0.1, -0.05) is 17.8 Å². The Balaban J connectivity index is 2.27.